The molecule has 0 radical (unpaired) electrons. The van der Waals surface area contributed by atoms with Crippen molar-refractivity contribution in [3.05, 3.63) is 70.6 Å². The van der Waals surface area contributed by atoms with Gasteiger partial charge < -0.3 is 9.47 Å². The van der Waals surface area contributed by atoms with Gasteiger partial charge in [-0.1, -0.05) is 6.58 Å². The first-order valence-corrected chi connectivity index (χ1v) is 5.54. The Kier molecular flexibility index (Phi) is 5.35. The summed E-state index contributed by atoms with van der Waals surface area (Å²) in [5.41, 5.74) is -0.0855. The number of allylic oxidation sites excluding steroid dienone is 4. The molecule has 5 heteroatoms. The first kappa shape index (κ1) is 14.5. The Morgan fingerprint density at radius 1 is 1.26 bits per heavy atom. The van der Waals surface area contributed by atoms with E-state index in [1.165, 1.54) is 18.2 Å². The van der Waals surface area contributed by atoms with Crippen LogP contribution in [0, 0.1) is 10.1 Å². The normalized spacial score (nSPS) is 11.9. The second kappa shape index (κ2) is 7.00. The number of nitrogens with zero attached hydrogens (tertiary/aromatic N) is 1. The summed E-state index contributed by atoms with van der Waals surface area (Å²) in [7, 11) is 1.58. The molecule has 100 valence electrons. The highest BCUT2D eigenvalue weighted by Gasteiger charge is 2.02. The summed E-state index contributed by atoms with van der Waals surface area (Å²) in [5.74, 6) is 1.90. The van der Waals surface area contributed by atoms with Crippen LogP contribution in [0.2, 0.25) is 0 Å². The molecule has 0 unspecified atom stereocenters. The van der Waals surface area contributed by atoms with Crippen molar-refractivity contribution < 1.29 is 14.4 Å². The molecule has 19 heavy (non-hydrogen) atoms. The highest BCUT2D eigenvalue weighted by Crippen LogP contribution is 2.19. The standard InChI is InChI=1S/C14H15NO4/c1-4-12(15(16)17)6-5-11(2)19-14-9-7-13(18-3)8-10-14/h4-10H,1H2,2-3H3/b11-5+,12-6+. The van der Waals surface area contributed by atoms with Crippen molar-refractivity contribution in [1.29, 1.82) is 0 Å². The Morgan fingerprint density at radius 3 is 2.32 bits per heavy atom. The Labute approximate surface area is 111 Å². The zero-order chi connectivity index (χ0) is 14.3. The molecule has 5 nitrogen and oxygen atoms in total. The predicted octanol–water partition coefficient (Wildman–Crippen LogP) is 3.32. The van der Waals surface area contributed by atoms with Crippen LogP contribution in [0.4, 0.5) is 0 Å². The van der Waals surface area contributed by atoms with Crippen LogP contribution in [0.3, 0.4) is 0 Å². The number of benzene rings is 1. The number of hydrogen-bond donors (Lipinski definition) is 0. The average molecular weight is 261 g/mol. The van der Waals surface area contributed by atoms with Crippen molar-refractivity contribution in [2.24, 2.45) is 0 Å². The van der Waals surface area contributed by atoms with Crippen molar-refractivity contribution in [2.45, 2.75) is 6.92 Å². The Balaban J connectivity index is 2.75. The molecule has 1 aromatic rings. The van der Waals surface area contributed by atoms with E-state index in [0.29, 0.717) is 11.5 Å². The summed E-state index contributed by atoms with van der Waals surface area (Å²) in [6, 6.07) is 7.04. The fourth-order valence-corrected chi connectivity index (χ4v) is 1.27. The quantitative estimate of drug-likeness (QED) is 0.341. The van der Waals surface area contributed by atoms with E-state index in [-0.39, 0.29) is 5.70 Å². The zero-order valence-corrected chi connectivity index (χ0v) is 10.8. The van der Waals surface area contributed by atoms with Crippen LogP contribution < -0.4 is 9.47 Å². The van der Waals surface area contributed by atoms with Gasteiger partial charge >= 0.3 is 0 Å². The lowest BCUT2D eigenvalue weighted by Crippen LogP contribution is -1.95. The summed E-state index contributed by atoms with van der Waals surface area (Å²) < 4.78 is 10.5. The number of ether oxygens (including phenoxy) is 2. The minimum atomic E-state index is -0.510. The van der Waals surface area contributed by atoms with Gasteiger partial charge in [-0.25, -0.2) is 0 Å². The first-order valence-electron chi connectivity index (χ1n) is 5.54. The summed E-state index contributed by atoms with van der Waals surface area (Å²) in [4.78, 5) is 10.0. The second-order valence-corrected chi connectivity index (χ2v) is 3.61. The maximum Gasteiger partial charge on any atom is 0.268 e. The van der Waals surface area contributed by atoms with Crippen LogP contribution in [0.15, 0.2) is 60.5 Å². The van der Waals surface area contributed by atoms with Gasteiger partial charge in [0, 0.05) is 12.2 Å². The molecule has 1 rings (SSSR count). The molecule has 0 bridgehead atoms. The van der Waals surface area contributed by atoms with Crippen molar-refractivity contribution in [1.82, 2.24) is 0 Å². The largest absolute Gasteiger partial charge is 0.497 e. The molecule has 0 aliphatic carbocycles. The highest BCUT2D eigenvalue weighted by atomic mass is 16.6. The third-order valence-electron chi connectivity index (χ3n) is 2.25. The molecule has 0 saturated heterocycles. The molecule has 0 N–H and O–H groups in total. The van der Waals surface area contributed by atoms with Crippen LogP contribution in [0.25, 0.3) is 0 Å². The van der Waals surface area contributed by atoms with Gasteiger partial charge in [0.05, 0.1) is 12.0 Å². The molecule has 1 aromatic carbocycles. The molecular weight excluding hydrogens is 246 g/mol. The van der Waals surface area contributed by atoms with E-state index in [1.807, 2.05) is 0 Å². The van der Waals surface area contributed by atoms with Crippen LogP contribution >= 0.6 is 0 Å². The van der Waals surface area contributed by atoms with E-state index in [4.69, 9.17) is 9.47 Å². The highest BCUT2D eigenvalue weighted by molar-refractivity contribution is 5.32. The Morgan fingerprint density at radius 2 is 1.84 bits per heavy atom. The van der Waals surface area contributed by atoms with Gasteiger partial charge in [-0.2, -0.15) is 0 Å². The Hall–Kier alpha value is -2.56. The van der Waals surface area contributed by atoms with Crippen molar-refractivity contribution in [3.8, 4) is 11.5 Å². The van der Waals surface area contributed by atoms with Gasteiger partial charge in [0.15, 0.2) is 0 Å². The summed E-state index contributed by atoms with van der Waals surface area (Å²) in [6.07, 6.45) is 4.03. The second-order valence-electron chi connectivity index (χ2n) is 3.61. The maximum absolute atomic E-state index is 10.6. The lowest BCUT2D eigenvalue weighted by molar-refractivity contribution is -0.418. The van der Waals surface area contributed by atoms with E-state index in [9.17, 15) is 10.1 Å². The molecular formula is C14H15NO4. The summed E-state index contributed by atoms with van der Waals surface area (Å²) in [6.45, 7) is 5.08. The summed E-state index contributed by atoms with van der Waals surface area (Å²) in [5, 5.41) is 10.6. The monoisotopic (exact) mass is 261 g/mol. The molecule has 0 atom stereocenters. The van der Waals surface area contributed by atoms with Gasteiger partial charge in [-0.15, -0.1) is 0 Å². The van der Waals surface area contributed by atoms with Crippen molar-refractivity contribution in [3.63, 3.8) is 0 Å². The first-order chi connectivity index (χ1) is 9.06. The molecule has 0 aromatic heterocycles. The van der Waals surface area contributed by atoms with Crippen LogP contribution in [0.5, 0.6) is 11.5 Å². The lowest BCUT2D eigenvalue weighted by Gasteiger charge is -2.05. The van der Waals surface area contributed by atoms with E-state index in [2.05, 4.69) is 6.58 Å². The van der Waals surface area contributed by atoms with Gasteiger partial charge in [-0.3, -0.25) is 10.1 Å². The number of hydrogen-bond acceptors (Lipinski definition) is 4. The average Bonchev–Trinajstić information content (AvgIpc) is 2.40. The molecule has 0 saturated carbocycles. The van der Waals surface area contributed by atoms with Gasteiger partial charge in [0.25, 0.3) is 5.70 Å². The van der Waals surface area contributed by atoms with E-state index in [0.717, 1.165) is 5.75 Å². The molecule has 0 aliphatic rings. The number of rotatable bonds is 6. The predicted molar refractivity (Wildman–Crippen MR) is 72.7 cm³/mol. The topological polar surface area (TPSA) is 61.6 Å². The minimum absolute atomic E-state index is 0.0855. The van der Waals surface area contributed by atoms with Crippen LogP contribution in [-0.4, -0.2) is 12.0 Å². The van der Waals surface area contributed by atoms with Crippen molar-refractivity contribution in [2.75, 3.05) is 7.11 Å². The van der Waals surface area contributed by atoms with Crippen molar-refractivity contribution >= 4 is 0 Å². The zero-order valence-electron chi connectivity index (χ0n) is 10.8. The fraction of sp³-hybridized carbons (Fsp3) is 0.143. The SMILES string of the molecule is C=C/C(=C\C=C(/C)Oc1ccc(OC)cc1)[N+](=O)[O-]. The van der Waals surface area contributed by atoms with E-state index in [1.54, 1.807) is 38.3 Å². The molecule has 0 amide bonds. The minimum Gasteiger partial charge on any atom is -0.497 e. The van der Waals surface area contributed by atoms with Gasteiger partial charge in [0.2, 0.25) is 0 Å². The smallest absolute Gasteiger partial charge is 0.268 e. The fourth-order valence-electron chi connectivity index (χ4n) is 1.27. The Bertz CT molecular complexity index is 515. The van der Waals surface area contributed by atoms with Gasteiger partial charge in [0.1, 0.15) is 17.3 Å². The molecule has 0 aliphatic heterocycles. The van der Waals surface area contributed by atoms with Crippen LogP contribution in [0.1, 0.15) is 6.92 Å². The lowest BCUT2D eigenvalue weighted by atomic mass is 10.3. The molecule has 0 heterocycles. The number of nitro groups is 1. The third-order valence-corrected chi connectivity index (χ3v) is 2.25. The van der Waals surface area contributed by atoms with E-state index >= 15 is 0 Å². The maximum atomic E-state index is 10.6. The van der Waals surface area contributed by atoms with Crippen LogP contribution in [-0.2, 0) is 0 Å². The van der Waals surface area contributed by atoms with Gasteiger partial charge in [-0.05, 0) is 37.3 Å². The molecule has 0 spiro atoms. The van der Waals surface area contributed by atoms with E-state index < -0.39 is 4.92 Å². The molecule has 0 fully saturated rings. The summed E-state index contributed by atoms with van der Waals surface area (Å²) >= 11 is 0. The number of methoxy groups -OCH3 is 1. The third kappa shape index (κ3) is 4.67.